The Morgan fingerprint density at radius 2 is 1.65 bits per heavy atom. The van der Waals surface area contributed by atoms with Crippen molar-refractivity contribution in [1.82, 2.24) is 5.32 Å². The molecule has 3 aromatic carbocycles. The maximum atomic E-state index is 13.4. The third kappa shape index (κ3) is 3.55. The molecule has 1 atom stereocenters. The molecular formula is C27H23NO3. The number of nitrogens with one attached hydrogen (secondary N) is 1. The first kappa shape index (κ1) is 19.3. The van der Waals surface area contributed by atoms with Crippen molar-refractivity contribution in [1.29, 1.82) is 0 Å². The molecular weight excluding hydrogens is 386 g/mol. The van der Waals surface area contributed by atoms with Crippen molar-refractivity contribution in [3.8, 4) is 11.1 Å². The molecule has 1 N–H and O–H groups in total. The number of hydrogen-bond acceptors (Lipinski definition) is 3. The van der Waals surface area contributed by atoms with Gasteiger partial charge >= 0.3 is 5.63 Å². The molecule has 0 spiro atoms. The highest BCUT2D eigenvalue weighted by Crippen LogP contribution is 2.33. The fraction of sp³-hybridized carbons (Fsp3) is 0.185. The van der Waals surface area contributed by atoms with Crippen molar-refractivity contribution in [2.24, 2.45) is 0 Å². The van der Waals surface area contributed by atoms with Crippen molar-refractivity contribution in [3.05, 3.63) is 106 Å². The molecule has 1 aliphatic rings. The summed E-state index contributed by atoms with van der Waals surface area (Å²) in [4.78, 5) is 26.1. The molecule has 5 rings (SSSR count). The van der Waals surface area contributed by atoms with Crippen LogP contribution in [0.25, 0.3) is 21.9 Å². The van der Waals surface area contributed by atoms with E-state index in [0.29, 0.717) is 10.9 Å². The zero-order chi connectivity index (χ0) is 21.4. The largest absolute Gasteiger partial charge is 0.416 e. The van der Waals surface area contributed by atoms with E-state index in [1.54, 1.807) is 12.1 Å². The topological polar surface area (TPSA) is 59.3 Å². The minimum Gasteiger partial charge on any atom is -0.416 e. The lowest BCUT2D eigenvalue weighted by Crippen LogP contribution is -2.32. The molecule has 0 unspecified atom stereocenters. The molecule has 0 radical (unpaired) electrons. The quantitative estimate of drug-likeness (QED) is 0.481. The minimum atomic E-state index is -0.499. The average Bonchev–Trinajstić information content (AvgIpc) is 2.80. The molecule has 4 nitrogen and oxygen atoms in total. The van der Waals surface area contributed by atoms with Gasteiger partial charge in [-0.15, -0.1) is 0 Å². The zero-order valence-corrected chi connectivity index (χ0v) is 17.4. The number of hydrogen-bond donors (Lipinski definition) is 1. The van der Waals surface area contributed by atoms with E-state index in [4.69, 9.17) is 4.42 Å². The van der Waals surface area contributed by atoms with Crippen LogP contribution in [0.1, 0.15) is 46.1 Å². The third-order valence-electron chi connectivity index (χ3n) is 6.06. The van der Waals surface area contributed by atoms with Gasteiger partial charge in [-0.05, 0) is 48.9 Å². The van der Waals surface area contributed by atoms with E-state index in [2.05, 4.69) is 17.4 Å². The number of rotatable bonds is 3. The van der Waals surface area contributed by atoms with Crippen LogP contribution >= 0.6 is 0 Å². The number of amides is 1. The van der Waals surface area contributed by atoms with E-state index in [0.717, 1.165) is 41.3 Å². The van der Waals surface area contributed by atoms with Gasteiger partial charge in [0.25, 0.3) is 5.91 Å². The van der Waals surface area contributed by atoms with Crippen molar-refractivity contribution in [3.63, 3.8) is 0 Å². The zero-order valence-electron chi connectivity index (χ0n) is 17.4. The number of aryl methyl sites for hydroxylation is 2. The van der Waals surface area contributed by atoms with Gasteiger partial charge in [0.1, 0.15) is 0 Å². The van der Waals surface area contributed by atoms with Gasteiger partial charge in [0.2, 0.25) is 5.76 Å². The molecule has 0 aliphatic heterocycles. The molecule has 0 saturated carbocycles. The van der Waals surface area contributed by atoms with Crippen LogP contribution in [0.15, 0.2) is 82.0 Å². The fourth-order valence-electron chi connectivity index (χ4n) is 4.49. The van der Waals surface area contributed by atoms with Crippen LogP contribution in [-0.4, -0.2) is 5.91 Å². The molecule has 154 valence electrons. The summed E-state index contributed by atoms with van der Waals surface area (Å²) in [5.41, 5.74) is 4.52. The molecule has 1 aliphatic carbocycles. The average molecular weight is 409 g/mol. The third-order valence-corrected chi connectivity index (χ3v) is 6.06. The molecule has 4 aromatic rings. The van der Waals surface area contributed by atoms with Gasteiger partial charge < -0.3 is 9.73 Å². The highest BCUT2D eigenvalue weighted by molar-refractivity contribution is 6.07. The van der Waals surface area contributed by atoms with Gasteiger partial charge in [-0.1, -0.05) is 72.3 Å². The molecule has 0 saturated heterocycles. The van der Waals surface area contributed by atoms with E-state index < -0.39 is 5.63 Å². The molecule has 0 bridgehead atoms. The first-order valence-electron chi connectivity index (χ1n) is 10.6. The van der Waals surface area contributed by atoms with E-state index in [1.807, 2.05) is 55.5 Å². The summed E-state index contributed by atoms with van der Waals surface area (Å²) < 4.78 is 5.63. The van der Waals surface area contributed by atoms with E-state index in [1.165, 1.54) is 5.56 Å². The van der Waals surface area contributed by atoms with Crippen LogP contribution < -0.4 is 10.9 Å². The second-order valence-corrected chi connectivity index (χ2v) is 8.12. The van der Waals surface area contributed by atoms with Gasteiger partial charge in [-0.3, -0.25) is 4.79 Å². The van der Waals surface area contributed by atoms with Crippen molar-refractivity contribution in [2.75, 3.05) is 0 Å². The second kappa shape index (κ2) is 7.88. The van der Waals surface area contributed by atoms with Gasteiger partial charge in [0.15, 0.2) is 0 Å². The van der Waals surface area contributed by atoms with Crippen LogP contribution in [0.3, 0.4) is 0 Å². The lowest BCUT2D eigenvalue weighted by molar-refractivity contribution is 0.0902. The van der Waals surface area contributed by atoms with Crippen molar-refractivity contribution in [2.45, 2.75) is 32.2 Å². The Hall–Kier alpha value is -3.66. The normalized spacial score (nSPS) is 15.5. The van der Waals surface area contributed by atoms with Crippen LogP contribution in [-0.2, 0) is 6.42 Å². The Balaban J connectivity index is 1.63. The standard InChI is InChI=1S/C27H23NO3/c1-17-13-15-19(16-14-17)24-21-10-4-5-11-22(21)27(30)31-25(24)26(29)28-23-12-6-8-18-7-2-3-9-20(18)23/h2-5,7,9-11,13-16,23H,6,8,12H2,1H3,(H,28,29)/t23-/m1/s1. The summed E-state index contributed by atoms with van der Waals surface area (Å²) in [7, 11) is 0. The van der Waals surface area contributed by atoms with Crippen LogP contribution in [0, 0.1) is 6.92 Å². The Morgan fingerprint density at radius 1 is 0.935 bits per heavy atom. The first-order chi connectivity index (χ1) is 15.1. The van der Waals surface area contributed by atoms with E-state index >= 15 is 0 Å². The van der Waals surface area contributed by atoms with Gasteiger partial charge in [0, 0.05) is 10.9 Å². The monoisotopic (exact) mass is 409 g/mol. The summed E-state index contributed by atoms with van der Waals surface area (Å²) in [5, 5.41) is 4.32. The summed E-state index contributed by atoms with van der Waals surface area (Å²) in [6.45, 7) is 2.02. The van der Waals surface area contributed by atoms with Crippen molar-refractivity contribution >= 4 is 16.7 Å². The van der Waals surface area contributed by atoms with Gasteiger partial charge in [0.05, 0.1) is 11.4 Å². The highest BCUT2D eigenvalue weighted by Gasteiger charge is 2.26. The summed E-state index contributed by atoms with van der Waals surface area (Å²) in [5.74, 6) is -0.296. The molecule has 1 aromatic heterocycles. The van der Waals surface area contributed by atoms with Crippen LogP contribution in [0.2, 0.25) is 0 Å². The number of benzene rings is 3. The maximum Gasteiger partial charge on any atom is 0.344 e. The van der Waals surface area contributed by atoms with Gasteiger partial charge in [-0.25, -0.2) is 4.79 Å². The number of fused-ring (bicyclic) bond motifs is 2. The lowest BCUT2D eigenvalue weighted by Gasteiger charge is -2.26. The Morgan fingerprint density at radius 3 is 2.45 bits per heavy atom. The molecule has 31 heavy (non-hydrogen) atoms. The highest BCUT2D eigenvalue weighted by atomic mass is 16.4. The lowest BCUT2D eigenvalue weighted by atomic mass is 9.87. The predicted molar refractivity (Wildman–Crippen MR) is 122 cm³/mol. The molecule has 1 heterocycles. The summed E-state index contributed by atoms with van der Waals surface area (Å²) in [6, 6.07) is 23.3. The SMILES string of the molecule is Cc1ccc(-c2c(C(=O)N[C@@H]3CCCc4ccccc43)oc(=O)c3ccccc23)cc1. The molecule has 4 heteroatoms. The Labute approximate surface area is 180 Å². The second-order valence-electron chi connectivity index (χ2n) is 8.12. The predicted octanol–water partition coefficient (Wildman–Crippen LogP) is 5.58. The fourth-order valence-corrected chi connectivity index (χ4v) is 4.49. The maximum absolute atomic E-state index is 13.4. The van der Waals surface area contributed by atoms with E-state index in [9.17, 15) is 9.59 Å². The molecule has 1 amide bonds. The Bertz CT molecular complexity index is 1330. The molecule has 0 fully saturated rings. The van der Waals surface area contributed by atoms with Crippen LogP contribution in [0.5, 0.6) is 0 Å². The minimum absolute atomic E-state index is 0.0654. The number of carbonyl (C=O) groups is 1. The summed E-state index contributed by atoms with van der Waals surface area (Å²) >= 11 is 0. The number of carbonyl (C=O) groups excluding carboxylic acids is 1. The van der Waals surface area contributed by atoms with Crippen LogP contribution in [0.4, 0.5) is 0 Å². The van der Waals surface area contributed by atoms with E-state index in [-0.39, 0.29) is 17.7 Å². The van der Waals surface area contributed by atoms with Crippen molar-refractivity contribution < 1.29 is 9.21 Å². The van der Waals surface area contributed by atoms with Gasteiger partial charge in [-0.2, -0.15) is 0 Å². The Kier molecular flexibility index (Phi) is 4.91. The smallest absolute Gasteiger partial charge is 0.344 e. The first-order valence-corrected chi connectivity index (χ1v) is 10.6. The summed E-state index contributed by atoms with van der Waals surface area (Å²) in [6.07, 6.45) is 2.89.